The van der Waals surface area contributed by atoms with Gasteiger partial charge in [-0.1, -0.05) is 0 Å². The minimum Gasteiger partial charge on any atom is -0.379 e. The predicted octanol–water partition coefficient (Wildman–Crippen LogP) is 3.31. The second kappa shape index (κ2) is 8.07. The zero-order chi connectivity index (χ0) is 22.5. The molecule has 1 saturated heterocycles. The minimum absolute atomic E-state index is 0.323. The van der Waals surface area contributed by atoms with E-state index in [9.17, 15) is 0 Å². The highest BCUT2D eigenvalue weighted by Gasteiger charge is 2.34. The molecule has 0 amide bonds. The zero-order valence-electron chi connectivity index (χ0n) is 19.4. The van der Waals surface area contributed by atoms with Crippen molar-refractivity contribution in [2.75, 3.05) is 31.6 Å². The molecular formula is C24H30N8O. The van der Waals surface area contributed by atoms with E-state index >= 15 is 0 Å². The monoisotopic (exact) mass is 446 g/mol. The van der Waals surface area contributed by atoms with Crippen LogP contribution in [0.5, 0.6) is 0 Å². The average Bonchev–Trinajstić information content (AvgIpc) is 3.35. The maximum absolute atomic E-state index is 5.47. The average molecular weight is 447 g/mol. The molecule has 1 saturated carbocycles. The van der Waals surface area contributed by atoms with Gasteiger partial charge in [0, 0.05) is 54.7 Å². The van der Waals surface area contributed by atoms with E-state index in [0.717, 1.165) is 72.8 Å². The first-order chi connectivity index (χ1) is 16.1. The summed E-state index contributed by atoms with van der Waals surface area (Å²) in [6, 6.07) is 5.65. The molecule has 0 atom stereocenters. The summed E-state index contributed by atoms with van der Waals surface area (Å²) < 4.78 is 9.59. The number of aryl methyl sites for hydroxylation is 1. The van der Waals surface area contributed by atoms with Gasteiger partial charge in [0.1, 0.15) is 5.82 Å². The molecule has 0 unspecified atom stereocenters. The van der Waals surface area contributed by atoms with Crippen LogP contribution >= 0.6 is 0 Å². The van der Waals surface area contributed by atoms with Crippen LogP contribution in [-0.4, -0.2) is 72.4 Å². The number of hydrogen-bond acceptors (Lipinski definition) is 7. The summed E-state index contributed by atoms with van der Waals surface area (Å²) in [5, 5.41) is 8.23. The Morgan fingerprint density at radius 3 is 2.70 bits per heavy atom. The summed E-state index contributed by atoms with van der Waals surface area (Å²) in [4.78, 5) is 16.4. The molecule has 1 aliphatic heterocycles. The quantitative estimate of drug-likeness (QED) is 0.503. The van der Waals surface area contributed by atoms with Gasteiger partial charge in [-0.25, -0.2) is 19.5 Å². The first-order valence-corrected chi connectivity index (χ1v) is 11.8. The smallest absolute Gasteiger partial charge is 0.241 e. The Morgan fingerprint density at radius 1 is 1.09 bits per heavy atom. The molecule has 4 aromatic rings. The molecule has 6 rings (SSSR count). The number of aromatic nitrogens is 6. The van der Waals surface area contributed by atoms with E-state index in [1.165, 1.54) is 0 Å². The summed E-state index contributed by atoms with van der Waals surface area (Å²) in [6.07, 6.45) is 8.04. The number of imidazole rings is 1. The second-order valence-electron chi connectivity index (χ2n) is 9.45. The Balaban J connectivity index is 1.21. The van der Waals surface area contributed by atoms with Crippen LogP contribution in [0.1, 0.15) is 38.6 Å². The fourth-order valence-electron chi connectivity index (χ4n) is 5.23. The molecule has 9 heteroatoms. The molecule has 1 N–H and O–H groups in total. The van der Waals surface area contributed by atoms with Crippen molar-refractivity contribution in [3.05, 3.63) is 36.5 Å². The largest absolute Gasteiger partial charge is 0.379 e. The minimum atomic E-state index is 0.323. The van der Waals surface area contributed by atoms with Gasteiger partial charge in [-0.3, -0.25) is 4.90 Å². The highest BCUT2D eigenvalue weighted by molar-refractivity contribution is 5.85. The maximum atomic E-state index is 5.47. The van der Waals surface area contributed by atoms with E-state index in [1.807, 2.05) is 30.0 Å². The molecule has 9 nitrogen and oxygen atoms in total. The van der Waals surface area contributed by atoms with E-state index in [0.29, 0.717) is 24.1 Å². The van der Waals surface area contributed by atoms with Gasteiger partial charge >= 0.3 is 0 Å². The van der Waals surface area contributed by atoms with Crippen LogP contribution in [-0.2, 0) is 4.74 Å². The number of anilines is 1. The summed E-state index contributed by atoms with van der Waals surface area (Å²) in [5.41, 5.74) is 4.92. The predicted molar refractivity (Wildman–Crippen MR) is 127 cm³/mol. The van der Waals surface area contributed by atoms with Crippen LogP contribution in [0.2, 0.25) is 0 Å². The van der Waals surface area contributed by atoms with E-state index in [1.54, 1.807) is 0 Å². The number of nitrogens with zero attached hydrogens (tertiary/aromatic N) is 7. The van der Waals surface area contributed by atoms with Crippen molar-refractivity contribution in [2.45, 2.75) is 51.7 Å². The van der Waals surface area contributed by atoms with Crippen LogP contribution in [0.15, 0.2) is 30.7 Å². The summed E-state index contributed by atoms with van der Waals surface area (Å²) in [5.74, 6) is 1.66. The SMILES string of the molecule is Cc1nc2ncc(-c3ccn4nc(N[C@H]5C[C@H](N6CCOCC6)C5)ncc34)cc2n1C(C)C. The lowest BCUT2D eigenvalue weighted by molar-refractivity contribution is -0.00443. The van der Waals surface area contributed by atoms with Crippen molar-refractivity contribution in [3.8, 4) is 11.1 Å². The Kier molecular flexibility index (Phi) is 5.03. The molecule has 172 valence electrons. The van der Waals surface area contributed by atoms with Gasteiger partial charge in [-0.05, 0) is 45.7 Å². The first-order valence-electron chi connectivity index (χ1n) is 11.8. The van der Waals surface area contributed by atoms with Crippen molar-refractivity contribution in [2.24, 2.45) is 0 Å². The lowest BCUT2D eigenvalue weighted by Gasteiger charge is -2.44. The van der Waals surface area contributed by atoms with Crippen molar-refractivity contribution in [1.29, 1.82) is 0 Å². The summed E-state index contributed by atoms with van der Waals surface area (Å²) in [6.45, 7) is 10.2. The molecule has 1 aliphatic carbocycles. The van der Waals surface area contributed by atoms with Crippen LogP contribution in [0, 0.1) is 6.92 Å². The molecular weight excluding hydrogens is 416 g/mol. The van der Waals surface area contributed by atoms with Gasteiger partial charge in [0.15, 0.2) is 5.65 Å². The number of hydrogen-bond donors (Lipinski definition) is 1. The highest BCUT2D eigenvalue weighted by atomic mass is 16.5. The third kappa shape index (κ3) is 3.65. The maximum Gasteiger partial charge on any atom is 0.241 e. The molecule has 0 aromatic carbocycles. The third-order valence-corrected chi connectivity index (χ3v) is 6.98. The number of nitrogens with one attached hydrogen (secondary N) is 1. The fourth-order valence-corrected chi connectivity index (χ4v) is 5.23. The van der Waals surface area contributed by atoms with E-state index in [-0.39, 0.29) is 0 Å². The number of ether oxygens (including phenoxy) is 1. The molecule has 33 heavy (non-hydrogen) atoms. The van der Waals surface area contributed by atoms with Gasteiger partial charge in [0.2, 0.25) is 5.95 Å². The fraction of sp³-hybridized carbons (Fsp3) is 0.500. The third-order valence-electron chi connectivity index (χ3n) is 6.98. The number of rotatable bonds is 5. The lowest BCUT2D eigenvalue weighted by Crippen LogP contribution is -2.53. The van der Waals surface area contributed by atoms with E-state index < -0.39 is 0 Å². The molecule has 2 fully saturated rings. The number of pyridine rings is 1. The van der Waals surface area contributed by atoms with Gasteiger partial charge in [0.05, 0.1) is 30.4 Å². The Hall–Kier alpha value is -3.04. The second-order valence-corrected chi connectivity index (χ2v) is 9.45. The standard InChI is InChI=1S/C24H30N8O/c1-15(2)32-16(3)27-23-21(32)10-17(13-25-23)20-4-5-31-22(20)14-26-24(29-31)28-18-11-19(12-18)30-6-8-33-9-7-30/h4-5,10,13-15,18-19H,6-9,11-12H2,1-3H3,(H,28,29)/t18-,19-. The van der Waals surface area contributed by atoms with E-state index in [2.05, 4.69) is 55.7 Å². The van der Waals surface area contributed by atoms with Crippen molar-refractivity contribution in [3.63, 3.8) is 0 Å². The molecule has 2 aliphatic rings. The summed E-state index contributed by atoms with van der Waals surface area (Å²) in [7, 11) is 0. The van der Waals surface area contributed by atoms with Crippen LogP contribution in [0.25, 0.3) is 27.8 Å². The molecule has 0 radical (unpaired) electrons. The van der Waals surface area contributed by atoms with Crippen LogP contribution in [0.4, 0.5) is 5.95 Å². The van der Waals surface area contributed by atoms with Crippen LogP contribution < -0.4 is 5.32 Å². The van der Waals surface area contributed by atoms with Gasteiger partial charge in [-0.15, -0.1) is 5.10 Å². The van der Waals surface area contributed by atoms with E-state index in [4.69, 9.17) is 9.84 Å². The zero-order valence-corrected chi connectivity index (χ0v) is 19.4. The first kappa shape index (κ1) is 20.6. The molecule has 0 spiro atoms. The van der Waals surface area contributed by atoms with Gasteiger partial charge < -0.3 is 14.6 Å². The Bertz CT molecular complexity index is 1300. The number of morpholine rings is 1. The van der Waals surface area contributed by atoms with Crippen LogP contribution in [0.3, 0.4) is 0 Å². The van der Waals surface area contributed by atoms with Gasteiger partial charge in [-0.2, -0.15) is 0 Å². The normalized spacial score (nSPS) is 21.7. The summed E-state index contributed by atoms with van der Waals surface area (Å²) >= 11 is 0. The van der Waals surface area contributed by atoms with Crippen molar-refractivity contribution >= 4 is 22.6 Å². The Labute approximate surface area is 192 Å². The molecule has 0 bridgehead atoms. The highest BCUT2D eigenvalue weighted by Crippen LogP contribution is 2.30. The molecule has 4 aromatic heterocycles. The lowest BCUT2D eigenvalue weighted by atomic mass is 9.85. The number of fused-ring (bicyclic) bond motifs is 2. The van der Waals surface area contributed by atoms with Gasteiger partial charge in [0.25, 0.3) is 0 Å². The molecule has 5 heterocycles. The van der Waals surface area contributed by atoms with Crippen molar-refractivity contribution < 1.29 is 4.74 Å². The van der Waals surface area contributed by atoms with Crippen molar-refractivity contribution in [1.82, 2.24) is 34.0 Å². The Morgan fingerprint density at radius 2 is 1.91 bits per heavy atom. The topological polar surface area (TPSA) is 85.4 Å².